The second kappa shape index (κ2) is 9.57. The van der Waals surface area contributed by atoms with Gasteiger partial charge in [0, 0.05) is 38.3 Å². The van der Waals surface area contributed by atoms with E-state index in [1.807, 2.05) is 41.6 Å². The van der Waals surface area contributed by atoms with E-state index in [1.165, 1.54) is 17.0 Å². The molecule has 2 aliphatic heterocycles. The SMILES string of the molecule is O=C(COc1ccccc1)N1CCC(C2c3nc[nH]c3CCN2Cc2ccccc2)CC1. The van der Waals surface area contributed by atoms with Crippen LogP contribution in [-0.2, 0) is 17.8 Å². The van der Waals surface area contributed by atoms with Gasteiger partial charge >= 0.3 is 0 Å². The number of nitrogens with one attached hydrogen (secondary N) is 1. The molecule has 0 bridgehead atoms. The molecule has 1 saturated heterocycles. The fourth-order valence-electron chi connectivity index (χ4n) is 5.09. The van der Waals surface area contributed by atoms with Crippen molar-refractivity contribution < 1.29 is 9.53 Å². The molecule has 1 unspecified atom stereocenters. The predicted molar refractivity (Wildman–Crippen MR) is 123 cm³/mol. The standard InChI is InChI=1S/C26H30N4O2/c31-24(18-32-22-9-5-2-6-10-22)29-14-11-21(12-15-29)26-25-23(27-19-28-25)13-16-30(26)17-20-7-3-1-4-8-20/h1-10,19,21,26H,11-18H2,(H,27,28). The number of hydrogen-bond acceptors (Lipinski definition) is 4. The van der Waals surface area contributed by atoms with Crippen LogP contribution in [0.4, 0.5) is 0 Å². The Morgan fingerprint density at radius 1 is 1.00 bits per heavy atom. The summed E-state index contributed by atoms with van der Waals surface area (Å²) >= 11 is 0. The second-order valence-corrected chi connectivity index (χ2v) is 8.74. The van der Waals surface area contributed by atoms with E-state index in [-0.39, 0.29) is 12.5 Å². The summed E-state index contributed by atoms with van der Waals surface area (Å²) in [6, 6.07) is 20.5. The first-order chi connectivity index (χ1) is 15.8. The molecule has 1 aromatic heterocycles. The third-order valence-electron chi connectivity index (χ3n) is 6.75. The molecule has 3 heterocycles. The predicted octanol–water partition coefficient (Wildman–Crippen LogP) is 3.83. The Bertz CT molecular complexity index is 1010. The highest BCUT2D eigenvalue weighted by Gasteiger charge is 2.37. The van der Waals surface area contributed by atoms with Crippen molar-refractivity contribution in [1.82, 2.24) is 19.8 Å². The number of H-pyrrole nitrogens is 1. The molecule has 166 valence electrons. The Morgan fingerprint density at radius 2 is 1.72 bits per heavy atom. The zero-order valence-corrected chi connectivity index (χ0v) is 18.3. The minimum Gasteiger partial charge on any atom is -0.484 e. The van der Waals surface area contributed by atoms with Gasteiger partial charge in [-0.25, -0.2) is 4.98 Å². The summed E-state index contributed by atoms with van der Waals surface area (Å²) in [6.45, 7) is 3.61. The van der Waals surface area contributed by atoms with Crippen molar-refractivity contribution in [3.05, 3.63) is 83.9 Å². The summed E-state index contributed by atoms with van der Waals surface area (Å²) in [7, 11) is 0. The molecule has 0 saturated carbocycles. The molecule has 6 heteroatoms. The largest absolute Gasteiger partial charge is 0.484 e. The first-order valence-corrected chi connectivity index (χ1v) is 11.5. The van der Waals surface area contributed by atoms with Gasteiger partial charge in [0.15, 0.2) is 6.61 Å². The van der Waals surface area contributed by atoms with Gasteiger partial charge in [0.2, 0.25) is 0 Å². The van der Waals surface area contributed by atoms with Crippen molar-refractivity contribution in [2.75, 3.05) is 26.2 Å². The summed E-state index contributed by atoms with van der Waals surface area (Å²) in [5.41, 5.74) is 3.81. The molecule has 32 heavy (non-hydrogen) atoms. The molecule has 1 N–H and O–H groups in total. The molecule has 2 aliphatic rings. The fourth-order valence-corrected chi connectivity index (χ4v) is 5.09. The molecule has 1 fully saturated rings. The van der Waals surface area contributed by atoms with E-state index in [1.54, 1.807) is 0 Å². The third kappa shape index (κ3) is 4.55. The fraction of sp³-hybridized carbons (Fsp3) is 0.385. The van der Waals surface area contributed by atoms with E-state index < -0.39 is 0 Å². The van der Waals surface area contributed by atoms with Crippen molar-refractivity contribution in [1.29, 1.82) is 0 Å². The number of fused-ring (bicyclic) bond motifs is 1. The lowest BCUT2D eigenvalue weighted by Gasteiger charge is -2.43. The Hall–Kier alpha value is -3.12. The lowest BCUT2D eigenvalue weighted by Crippen LogP contribution is -2.46. The molecule has 2 aromatic carbocycles. The van der Waals surface area contributed by atoms with Gasteiger partial charge in [0.1, 0.15) is 5.75 Å². The van der Waals surface area contributed by atoms with E-state index in [9.17, 15) is 4.79 Å². The second-order valence-electron chi connectivity index (χ2n) is 8.74. The minimum absolute atomic E-state index is 0.0672. The smallest absolute Gasteiger partial charge is 0.260 e. The quantitative estimate of drug-likeness (QED) is 0.646. The first-order valence-electron chi connectivity index (χ1n) is 11.5. The number of carbonyl (C=O) groups excluding carboxylic acids is 1. The van der Waals surface area contributed by atoms with Crippen molar-refractivity contribution in [2.45, 2.75) is 31.8 Å². The van der Waals surface area contributed by atoms with Crippen LogP contribution in [0.25, 0.3) is 0 Å². The summed E-state index contributed by atoms with van der Waals surface area (Å²) in [6.07, 6.45) is 4.81. The molecule has 6 nitrogen and oxygen atoms in total. The number of benzene rings is 2. The molecular formula is C26H30N4O2. The maximum Gasteiger partial charge on any atom is 0.260 e. The Balaban J connectivity index is 1.23. The minimum atomic E-state index is 0.0672. The molecule has 0 radical (unpaired) electrons. The van der Waals surface area contributed by atoms with Gasteiger partial charge in [0.05, 0.1) is 18.1 Å². The van der Waals surface area contributed by atoms with Gasteiger partial charge in [-0.1, -0.05) is 48.5 Å². The van der Waals surface area contributed by atoms with E-state index in [2.05, 4.69) is 40.2 Å². The van der Waals surface area contributed by atoms with Crippen LogP contribution in [-0.4, -0.2) is 51.9 Å². The first kappa shape index (κ1) is 20.8. The number of para-hydroxylation sites is 1. The van der Waals surface area contributed by atoms with Crippen molar-refractivity contribution >= 4 is 5.91 Å². The topological polar surface area (TPSA) is 61.5 Å². The molecule has 0 spiro atoms. The summed E-state index contributed by atoms with van der Waals surface area (Å²) in [5.74, 6) is 1.29. The van der Waals surface area contributed by atoms with Crippen molar-refractivity contribution in [2.24, 2.45) is 5.92 Å². The maximum absolute atomic E-state index is 12.7. The number of likely N-dealkylation sites (tertiary alicyclic amines) is 1. The normalized spacial score (nSPS) is 19.5. The summed E-state index contributed by atoms with van der Waals surface area (Å²) in [5, 5.41) is 0. The lowest BCUT2D eigenvalue weighted by molar-refractivity contribution is -0.135. The number of amides is 1. The van der Waals surface area contributed by atoms with Gasteiger partial charge in [-0.15, -0.1) is 0 Å². The Labute approximate surface area is 189 Å². The summed E-state index contributed by atoms with van der Waals surface area (Å²) < 4.78 is 5.67. The average molecular weight is 431 g/mol. The molecule has 0 aliphatic carbocycles. The Kier molecular flexibility index (Phi) is 6.21. The lowest BCUT2D eigenvalue weighted by atomic mass is 9.83. The van der Waals surface area contributed by atoms with E-state index in [0.717, 1.165) is 51.2 Å². The van der Waals surface area contributed by atoms with Crippen LogP contribution in [0.2, 0.25) is 0 Å². The van der Waals surface area contributed by atoms with Crippen LogP contribution >= 0.6 is 0 Å². The van der Waals surface area contributed by atoms with Crippen LogP contribution in [0.1, 0.15) is 35.8 Å². The number of hydrogen-bond donors (Lipinski definition) is 1. The van der Waals surface area contributed by atoms with Crippen molar-refractivity contribution in [3.63, 3.8) is 0 Å². The molecular weight excluding hydrogens is 400 g/mol. The number of rotatable bonds is 6. The van der Waals surface area contributed by atoms with Gasteiger partial charge in [-0.2, -0.15) is 0 Å². The number of piperidine rings is 1. The summed E-state index contributed by atoms with van der Waals surface area (Å²) in [4.78, 5) is 25.3. The van der Waals surface area contributed by atoms with Gasteiger partial charge < -0.3 is 14.6 Å². The van der Waals surface area contributed by atoms with Crippen LogP contribution in [0.5, 0.6) is 5.75 Å². The van der Waals surface area contributed by atoms with Crippen LogP contribution in [0.15, 0.2) is 67.0 Å². The van der Waals surface area contributed by atoms with Crippen LogP contribution in [0, 0.1) is 5.92 Å². The molecule has 5 rings (SSSR count). The highest BCUT2D eigenvalue weighted by molar-refractivity contribution is 5.77. The zero-order chi connectivity index (χ0) is 21.8. The third-order valence-corrected chi connectivity index (χ3v) is 6.75. The number of imidazole rings is 1. The van der Waals surface area contributed by atoms with Gasteiger partial charge in [-0.3, -0.25) is 9.69 Å². The average Bonchev–Trinajstić information content (AvgIpc) is 3.33. The maximum atomic E-state index is 12.7. The van der Waals surface area contributed by atoms with E-state index >= 15 is 0 Å². The number of aromatic nitrogens is 2. The number of nitrogens with zero attached hydrogens (tertiary/aromatic N) is 3. The van der Waals surface area contributed by atoms with Gasteiger partial charge in [0.25, 0.3) is 5.91 Å². The highest BCUT2D eigenvalue weighted by atomic mass is 16.5. The van der Waals surface area contributed by atoms with E-state index in [0.29, 0.717) is 12.0 Å². The van der Waals surface area contributed by atoms with Crippen LogP contribution < -0.4 is 4.74 Å². The molecule has 1 amide bonds. The molecule has 3 aromatic rings. The zero-order valence-electron chi connectivity index (χ0n) is 18.3. The monoisotopic (exact) mass is 430 g/mol. The van der Waals surface area contributed by atoms with Crippen LogP contribution in [0.3, 0.4) is 0 Å². The van der Waals surface area contributed by atoms with Crippen molar-refractivity contribution in [3.8, 4) is 5.75 Å². The molecule has 1 atom stereocenters. The number of carbonyl (C=O) groups is 1. The number of ether oxygens (including phenoxy) is 1. The highest BCUT2D eigenvalue weighted by Crippen LogP contribution is 2.39. The Morgan fingerprint density at radius 3 is 2.47 bits per heavy atom. The number of aromatic amines is 1. The van der Waals surface area contributed by atoms with Gasteiger partial charge in [-0.05, 0) is 36.5 Å². The van der Waals surface area contributed by atoms with E-state index in [4.69, 9.17) is 9.72 Å².